The lowest BCUT2D eigenvalue weighted by atomic mass is 9.94. The number of aromatic nitrogens is 2. The Balaban J connectivity index is 1.58. The Bertz CT molecular complexity index is 1440. The number of urea groups is 1. The number of anilines is 3. The van der Waals surface area contributed by atoms with Crippen molar-refractivity contribution in [3.8, 4) is 16.9 Å². The summed E-state index contributed by atoms with van der Waals surface area (Å²) in [5, 5.41) is 15.6. The number of benzene rings is 4. The SMILES string of the molecule is COc1ccc(-c2ccc(NC(=O)Nc3ccccc3)c3ccccc23)c2c(N)n[nH]c12. The Labute approximate surface area is 184 Å². The lowest BCUT2D eigenvalue weighted by Gasteiger charge is -2.14. The molecule has 0 fully saturated rings. The molecule has 0 saturated carbocycles. The maximum absolute atomic E-state index is 12.6. The lowest BCUT2D eigenvalue weighted by molar-refractivity contribution is 0.262. The summed E-state index contributed by atoms with van der Waals surface area (Å²) in [6, 6.07) is 24.7. The molecule has 0 radical (unpaired) electrons. The molecule has 0 spiro atoms. The molecule has 0 aliphatic heterocycles. The van der Waals surface area contributed by atoms with Crippen LogP contribution in [0.2, 0.25) is 0 Å². The standard InChI is InChI=1S/C25H21N5O2/c1-32-21-14-12-19(22-23(21)29-30-24(22)26)17-11-13-20(18-10-6-5-9-16(17)18)28-25(31)27-15-7-3-2-4-8-15/h2-14H,1H3,(H3,26,29,30)(H2,27,28,31). The Hall–Kier alpha value is -4.52. The van der Waals surface area contributed by atoms with Crippen LogP contribution in [0.15, 0.2) is 78.9 Å². The molecule has 1 heterocycles. The van der Waals surface area contributed by atoms with Gasteiger partial charge in [0.25, 0.3) is 0 Å². The fourth-order valence-corrected chi connectivity index (χ4v) is 3.98. The second-order valence-electron chi connectivity index (χ2n) is 7.33. The summed E-state index contributed by atoms with van der Waals surface area (Å²) in [7, 11) is 1.61. The first-order valence-corrected chi connectivity index (χ1v) is 10.1. The average molecular weight is 423 g/mol. The monoisotopic (exact) mass is 423 g/mol. The fourth-order valence-electron chi connectivity index (χ4n) is 3.98. The highest BCUT2D eigenvalue weighted by atomic mass is 16.5. The van der Waals surface area contributed by atoms with Crippen LogP contribution in [0.5, 0.6) is 5.75 Å². The zero-order chi connectivity index (χ0) is 22.1. The second-order valence-corrected chi connectivity index (χ2v) is 7.33. The van der Waals surface area contributed by atoms with Crippen molar-refractivity contribution in [2.75, 3.05) is 23.5 Å². The van der Waals surface area contributed by atoms with E-state index in [4.69, 9.17) is 10.5 Å². The summed E-state index contributed by atoms with van der Waals surface area (Å²) in [6.07, 6.45) is 0. The first-order valence-electron chi connectivity index (χ1n) is 10.1. The molecule has 0 bridgehead atoms. The van der Waals surface area contributed by atoms with Gasteiger partial charge in [-0.2, -0.15) is 5.10 Å². The number of aromatic amines is 1. The minimum atomic E-state index is -0.306. The van der Waals surface area contributed by atoms with Crippen molar-refractivity contribution in [1.82, 2.24) is 10.2 Å². The van der Waals surface area contributed by atoms with Gasteiger partial charge in [-0.3, -0.25) is 5.10 Å². The van der Waals surface area contributed by atoms with E-state index in [0.717, 1.165) is 38.5 Å². The van der Waals surface area contributed by atoms with Gasteiger partial charge >= 0.3 is 6.03 Å². The molecule has 5 N–H and O–H groups in total. The Kier molecular flexibility index (Phi) is 4.84. The van der Waals surface area contributed by atoms with Crippen molar-refractivity contribution in [2.24, 2.45) is 0 Å². The van der Waals surface area contributed by atoms with Crippen molar-refractivity contribution < 1.29 is 9.53 Å². The smallest absolute Gasteiger partial charge is 0.323 e. The number of rotatable bonds is 4. The van der Waals surface area contributed by atoms with Gasteiger partial charge in [0.2, 0.25) is 0 Å². The second kappa shape index (κ2) is 7.96. The van der Waals surface area contributed by atoms with E-state index in [1.165, 1.54) is 0 Å². The van der Waals surface area contributed by atoms with Gasteiger partial charge in [0.05, 0.1) is 18.2 Å². The van der Waals surface area contributed by atoms with Gasteiger partial charge in [-0.25, -0.2) is 4.79 Å². The molecule has 5 rings (SSSR count). The highest BCUT2D eigenvalue weighted by Gasteiger charge is 2.17. The van der Waals surface area contributed by atoms with Gasteiger partial charge in [0.15, 0.2) is 5.82 Å². The van der Waals surface area contributed by atoms with Crippen LogP contribution in [-0.4, -0.2) is 23.3 Å². The number of carbonyl (C=O) groups is 1. The summed E-state index contributed by atoms with van der Waals surface area (Å²) in [4.78, 5) is 12.6. The topological polar surface area (TPSA) is 105 Å². The van der Waals surface area contributed by atoms with Gasteiger partial charge < -0.3 is 21.1 Å². The number of nitrogens with zero attached hydrogens (tertiary/aromatic N) is 1. The molecule has 0 saturated heterocycles. The normalized spacial score (nSPS) is 10.9. The summed E-state index contributed by atoms with van der Waals surface area (Å²) in [5.74, 6) is 1.08. The number of methoxy groups -OCH3 is 1. The van der Waals surface area contributed by atoms with Crippen molar-refractivity contribution in [3.05, 3.63) is 78.9 Å². The number of H-pyrrole nitrogens is 1. The van der Waals surface area contributed by atoms with Gasteiger partial charge in [-0.05, 0) is 46.8 Å². The van der Waals surface area contributed by atoms with Crippen LogP contribution in [-0.2, 0) is 0 Å². The number of amides is 2. The molecule has 0 aliphatic carbocycles. The molecule has 0 aliphatic rings. The Morgan fingerprint density at radius 3 is 2.38 bits per heavy atom. The quantitative estimate of drug-likeness (QED) is 0.301. The van der Waals surface area contributed by atoms with Crippen molar-refractivity contribution >= 4 is 44.9 Å². The van der Waals surface area contributed by atoms with E-state index < -0.39 is 0 Å². The minimum Gasteiger partial charge on any atom is -0.494 e. The van der Waals surface area contributed by atoms with Gasteiger partial charge in [0.1, 0.15) is 11.3 Å². The Morgan fingerprint density at radius 2 is 1.59 bits per heavy atom. The van der Waals surface area contributed by atoms with Crippen LogP contribution in [0.4, 0.5) is 22.0 Å². The molecule has 32 heavy (non-hydrogen) atoms. The molecular weight excluding hydrogens is 402 g/mol. The molecule has 7 nitrogen and oxygen atoms in total. The minimum absolute atomic E-state index is 0.306. The largest absolute Gasteiger partial charge is 0.494 e. The summed E-state index contributed by atoms with van der Waals surface area (Å²) in [6.45, 7) is 0. The Morgan fingerprint density at radius 1 is 0.875 bits per heavy atom. The molecule has 5 aromatic rings. The van der Waals surface area contributed by atoms with E-state index in [-0.39, 0.29) is 6.03 Å². The number of carbonyl (C=O) groups excluding carboxylic acids is 1. The van der Waals surface area contributed by atoms with Gasteiger partial charge in [0, 0.05) is 11.1 Å². The third kappa shape index (κ3) is 3.35. The zero-order valence-electron chi connectivity index (χ0n) is 17.3. The van der Waals surface area contributed by atoms with Crippen LogP contribution >= 0.6 is 0 Å². The third-order valence-electron chi connectivity index (χ3n) is 5.43. The van der Waals surface area contributed by atoms with E-state index in [1.807, 2.05) is 78.9 Å². The molecule has 0 unspecified atom stereocenters. The third-order valence-corrected chi connectivity index (χ3v) is 5.43. The number of hydrogen-bond acceptors (Lipinski definition) is 4. The van der Waals surface area contributed by atoms with Gasteiger partial charge in [-0.15, -0.1) is 0 Å². The highest BCUT2D eigenvalue weighted by molar-refractivity contribution is 6.14. The van der Waals surface area contributed by atoms with Crippen molar-refractivity contribution in [2.45, 2.75) is 0 Å². The number of fused-ring (bicyclic) bond motifs is 2. The molecule has 4 aromatic carbocycles. The van der Waals surface area contributed by atoms with E-state index in [2.05, 4.69) is 20.8 Å². The number of hydrogen-bond donors (Lipinski definition) is 4. The number of ether oxygens (including phenoxy) is 1. The predicted octanol–water partition coefficient (Wildman–Crippen LogP) is 5.62. The van der Waals surface area contributed by atoms with Crippen LogP contribution in [0, 0.1) is 0 Å². The maximum atomic E-state index is 12.6. The van der Waals surface area contributed by atoms with E-state index in [9.17, 15) is 4.79 Å². The van der Waals surface area contributed by atoms with E-state index in [1.54, 1.807) is 7.11 Å². The highest BCUT2D eigenvalue weighted by Crippen LogP contribution is 2.40. The maximum Gasteiger partial charge on any atom is 0.323 e. The van der Waals surface area contributed by atoms with Crippen LogP contribution in [0.1, 0.15) is 0 Å². The average Bonchev–Trinajstić information content (AvgIpc) is 3.21. The lowest BCUT2D eigenvalue weighted by Crippen LogP contribution is -2.19. The first-order chi connectivity index (χ1) is 15.7. The van der Waals surface area contributed by atoms with Crippen molar-refractivity contribution in [1.29, 1.82) is 0 Å². The van der Waals surface area contributed by atoms with Gasteiger partial charge in [-0.1, -0.05) is 48.5 Å². The predicted molar refractivity (Wildman–Crippen MR) is 129 cm³/mol. The molecule has 1 aromatic heterocycles. The molecule has 0 atom stereocenters. The van der Waals surface area contributed by atoms with Crippen LogP contribution in [0.3, 0.4) is 0 Å². The van der Waals surface area contributed by atoms with E-state index in [0.29, 0.717) is 17.3 Å². The number of para-hydroxylation sites is 1. The number of nitrogen functional groups attached to an aromatic ring is 1. The molecule has 2 amide bonds. The summed E-state index contributed by atoms with van der Waals surface area (Å²) < 4.78 is 5.45. The number of nitrogens with two attached hydrogens (primary N) is 1. The van der Waals surface area contributed by atoms with Crippen molar-refractivity contribution in [3.63, 3.8) is 0 Å². The molecular formula is C25H21N5O2. The molecule has 158 valence electrons. The number of nitrogens with one attached hydrogen (secondary N) is 3. The zero-order valence-corrected chi connectivity index (χ0v) is 17.3. The molecule has 7 heteroatoms. The van der Waals surface area contributed by atoms with E-state index >= 15 is 0 Å². The first kappa shape index (κ1) is 19.4. The fraction of sp³-hybridized carbons (Fsp3) is 0.0400. The van der Waals surface area contributed by atoms with Crippen LogP contribution < -0.4 is 21.1 Å². The summed E-state index contributed by atoms with van der Waals surface area (Å²) >= 11 is 0. The summed E-state index contributed by atoms with van der Waals surface area (Å²) in [5.41, 5.74) is 10.3. The van der Waals surface area contributed by atoms with Crippen LogP contribution in [0.25, 0.3) is 32.8 Å².